The van der Waals surface area contributed by atoms with Crippen LogP contribution in [0.2, 0.25) is 0 Å². The van der Waals surface area contributed by atoms with Gasteiger partial charge in [0.15, 0.2) is 5.82 Å². The third-order valence-electron chi connectivity index (χ3n) is 12.8. The lowest BCUT2D eigenvalue weighted by Gasteiger charge is -2.19. The van der Waals surface area contributed by atoms with Crippen molar-refractivity contribution < 1.29 is 0 Å². The summed E-state index contributed by atoms with van der Waals surface area (Å²) in [5, 5.41) is 2.46. The van der Waals surface area contributed by atoms with Gasteiger partial charge in [0.05, 0.1) is 22.4 Å². The first kappa shape index (κ1) is 39.7. The number of fused-ring (bicyclic) bond motifs is 3. The average molecular weight is 854 g/mol. The van der Waals surface area contributed by atoms with Gasteiger partial charge < -0.3 is 4.57 Å². The number of benzene rings is 10. The Kier molecular flexibility index (Phi) is 10.2. The van der Waals surface area contributed by atoms with Crippen LogP contribution in [-0.2, 0) is 0 Å². The van der Waals surface area contributed by atoms with E-state index in [0.29, 0.717) is 5.82 Å². The average Bonchev–Trinajstić information content (AvgIpc) is 3.75. The summed E-state index contributed by atoms with van der Waals surface area (Å²) < 4.78 is 2.38. The standard InChI is InChI=1S/C64H43N3/c1-6-18-44(19-7-1)53-41-56(63(50-22-10-3-11-23-50)57(42-53)52-38-39-62-58(40-52)55-28-16-17-29-61(55)67(62)54-26-14-5-15-27-54)47-34-30-45(31-35-47)46-32-36-49(37-33-46)60-43-59(48-20-8-2-9-21-48)65-64(66-60)51-24-12-4-13-25-51/h1-43H. The van der Waals surface area contributed by atoms with Crippen LogP contribution in [0, 0.1) is 0 Å². The van der Waals surface area contributed by atoms with E-state index in [2.05, 4.69) is 229 Å². The van der Waals surface area contributed by atoms with Crippen molar-refractivity contribution in [1.82, 2.24) is 14.5 Å². The van der Waals surface area contributed by atoms with Crippen molar-refractivity contribution >= 4 is 21.8 Å². The zero-order valence-corrected chi connectivity index (χ0v) is 36.7. The van der Waals surface area contributed by atoms with Crippen LogP contribution in [0.15, 0.2) is 261 Å². The fourth-order valence-corrected chi connectivity index (χ4v) is 9.55. The minimum atomic E-state index is 0.710. The number of aromatic nitrogens is 3. The first-order chi connectivity index (χ1) is 33.2. The van der Waals surface area contributed by atoms with Gasteiger partial charge in [0, 0.05) is 33.2 Å². The fourth-order valence-electron chi connectivity index (χ4n) is 9.55. The van der Waals surface area contributed by atoms with Crippen LogP contribution in [0.3, 0.4) is 0 Å². The SMILES string of the molecule is c1ccc(-c2cc(-c3ccc(-c4ccc(-c5cc(-c6ccccc6)nc(-c6ccccc6)n5)cc4)cc3)c(-c3ccccc3)c(-c3ccc4c(c3)c3ccccc3n4-c3ccccc3)c2)cc1. The lowest BCUT2D eigenvalue weighted by Crippen LogP contribution is -1.95. The maximum atomic E-state index is 5.07. The molecule has 3 heteroatoms. The molecule has 0 spiro atoms. The van der Waals surface area contributed by atoms with Gasteiger partial charge in [-0.15, -0.1) is 0 Å². The highest BCUT2D eigenvalue weighted by Crippen LogP contribution is 2.45. The zero-order chi connectivity index (χ0) is 44.5. The molecule has 2 aromatic heterocycles. The highest BCUT2D eigenvalue weighted by Gasteiger charge is 2.20. The van der Waals surface area contributed by atoms with Crippen molar-refractivity contribution in [1.29, 1.82) is 0 Å². The highest BCUT2D eigenvalue weighted by atomic mass is 15.0. The molecule has 0 aliphatic carbocycles. The van der Waals surface area contributed by atoms with Crippen molar-refractivity contribution in [3.63, 3.8) is 0 Å². The van der Waals surface area contributed by atoms with E-state index < -0.39 is 0 Å². The lowest BCUT2D eigenvalue weighted by molar-refractivity contribution is 1.18. The molecule has 0 aliphatic rings. The molecular weight excluding hydrogens is 811 g/mol. The minimum absolute atomic E-state index is 0.710. The molecule has 0 bridgehead atoms. The third kappa shape index (κ3) is 7.59. The van der Waals surface area contributed by atoms with Crippen LogP contribution in [0.5, 0.6) is 0 Å². The second-order valence-electron chi connectivity index (χ2n) is 16.9. The second-order valence-corrected chi connectivity index (χ2v) is 16.9. The van der Waals surface area contributed by atoms with E-state index in [1.165, 1.54) is 60.8 Å². The number of hydrogen-bond acceptors (Lipinski definition) is 2. The Bertz CT molecular complexity index is 3620. The van der Waals surface area contributed by atoms with Gasteiger partial charge in [-0.25, -0.2) is 9.97 Å². The number of para-hydroxylation sites is 2. The maximum Gasteiger partial charge on any atom is 0.160 e. The van der Waals surface area contributed by atoms with E-state index in [9.17, 15) is 0 Å². The van der Waals surface area contributed by atoms with Crippen LogP contribution in [0.25, 0.3) is 117 Å². The molecule has 0 saturated carbocycles. The van der Waals surface area contributed by atoms with Gasteiger partial charge >= 0.3 is 0 Å². The summed E-state index contributed by atoms with van der Waals surface area (Å²) in [6, 6.07) is 93.3. The van der Waals surface area contributed by atoms with E-state index in [4.69, 9.17) is 9.97 Å². The van der Waals surface area contributed by atoms with Crippen molar-refractivity contribution in [3.8, 4) is 95.2 Å². The largest absolute Gasteiger partial charge is 0.309 e. The molecule has 314 valence electrons. The Morgan fingerprint density at radius 2 is 0.672 bits per heavy atom. The molecule has 0 aliphatic heterocycles. The summed E-state index contributed by atoms with van der Waals surface area (Å²) in [5.41, 5.74) is 20.1. The molecule has 3 nitrogen and oxygen atoms in total. The van der Waals surface area contributed by atoms with Gasteiger partial charge in [0.25, 0.3) is 0 Å². The molecule has 12 aromatic rings. The van der Waals surface area contributed by atoms with Crippen molar-refractivity contribution in [2.75, 3.05) is 0 Å². The maximum absolute atomic E-state index is 5.07. The topological polar surface area (TPSA) is 30.7 Å². The van der Waals surface area contributed by atoms with Crippen LogP contribution in [0.4, 0.5) is 0 Å². The van der Waals surface area contributed by atoms with E-state index in [1.54, 1.807) is 0 Å². The quantitative estimate of drug-likeness (QED) is 0.145. The molecule has 0 fully saturated rings. The van der Waals surface area contributed by atoms with Gasteiger partial charge in [-0.05, 0) is 104 Å². The summed E-state index contributed by atoms with van der Waals surface area (Å²) in [5.74, 6) is 0.710. The van der Waals surface area contributed by atoms with Crippen LogP contribution in [-0.4, -0.2) is 14.5 Å². The molecule has 0 atom stereocenters. The Balaban J connectivity index is 0.966. The van der Waals surface area contributed by atoms with Gasteiger partial charge in [-0.1, -0.05) is 212 Å². The highest BCUT2D eigenvalue weighted by molar-refractivity contribution is 6.11. The molecule has 12 rings (SSSR count). The molecule has 0 saturated heterocycles. The Morgan fingerprint density at radius 1 is 0.254 bits per heavy atom. The molecule has 67 heavy (non-hydrogen) atoms. The van der Waals surface area contributed by atoms with Gasteiger partial charge in [0.2, 0.25) is 0 Å². The Hall–Kier alpha value is -8.92. The normalized spacial score (nSPS) is 11.3. The summed E-state index contributed by atoms with van der Waals surface area (Å²) in [4.78, 5) is 10.1. The van der Waals surface area contributed by atoms with Crippen LogP contribution >= 0.6 is 0 Å². The van der Waals surface area contributed by atoms with Crippen molar-refractivity contribution in [2.24, 2.45) is 0 Å². The molecule has 0 unspecified atom stereocenters. The summed E-state index contributed by atoms with van der Waals surface area (Å²) in [6.45, 7) is 0. The first-order valence-corrected chi connectivity index (χ1v) is 22.8. The van der Waals surface area contributed by atoms with E-state index in [1.807, 2.05) is 36.4 Å². The molecule has 0 radical (unpaired) electrons. The van der Waals surface area contributed by atoms with Crippen LogP contribution < -0.4 is 0 Å². The van der Waals surface area contributed by atoms with Crippen LogP contribution in [0.1, 0.15) is 0 Å². The smallest absolute Gasteiger partial charge is 0.160 e. The fraction of sp³-hybridized carbons (Fsp3) is 0. The predicted octanol–water partition coefficient (Wildman–Crippen LogP) is 16.9. The molecule has 10 aromatic carbocycles. The predicted molar refractivity (Wildman–Crippen MR) is 280 cm³/mol. The summed E-state index contributed by atoms with van der Waals surface area (Å²) in [7, 11) is 0. The summed E-state index contributed by atoms with van der Waals surface area (Å²) in [6.07, 6.45) is 0. The first-order valence-electron chi connectivity index (χ1n) is 22.8. The molecule has 2 heterocycles. The van der Waals surface area contributed by atoms with E-state index >= 15 is 0 Å². The second kappa shape index (κ2) is 17.2. The number of nitrogens with zero attached hydrogens (tertiary/aromatic N) is 3. The van der Waals surface area contributed by atoms with E-state index in [0.717, 1.165) is 50.5 Å². The molecule has 0 amide bonds. The van der Waals surface area contributed by atoms with Crippen molar-refractivity contribution in [2.45, 2.75) is 0 Å². The Labute approximate surface area is 390 Å². The number of hydrogen-bond donors (Lipinski definition) is 0. The lowest BCUT2D eigenvalue weighted by atomic mass is 9.84. The van der Waals surface area contributed by atoms with E-state index in [-0.39, 0.29) is 0 Å². The number of rotatable bonds is 9. The monoisotopic (exact) mass is 853 g/mol. The zero-order valence-electron chi connectivity index (χ0n) is 36.7. The summed E-state index contributed by atoms with van der Waals surface area (Å²) >= 11 is 0. The molecule has 0 N–H and O–H groups in total. The van der Waals surface area contributed by atoms with Gasteiger partial charge in [-0.3, -0.25) is 0 Å². The van der Waals surface area contributed by atoms with Gasteiger partial charge in [0.1, 0.15) is 0 Å². The Morgan fingerprint density at radius 3 is 1.28 bits per heavy atom. The minimum Gasteiger partial charge on any atom is -0.309 e. The third-order valence-corrected chi connectivity index (χ3v) is 12.8. The van der Waals surface area contributed by atoms with Crippen molar-refractivity contribution in [3.05, 3.63) is 261 Å². The van der Waals surface area contributed by atoms with Gasteiger partial charge in [-0.2, -0.15) is 0 Å². The molecular formula is C64H43N3.